The van der Waals surface area contributed by atoms with Crippen LogP contribution in [0.3, 0.4) is 0 Å². The van der Waals surface area contributed by atoms with E-state index < -0.39 is 0 Å². The first-order valence-corrected chi connectivity index (χ1v) is 11.7. The van der Waals surface area contributed by atoms with E-state index in [0.29, 0.717) is 16.6 Å². The Hall–Kier alpha value is -1.90. The number of thioether (sulfide) groups is 1. The van der Waals surface area contributed by atoms with E-state index in [2.05, 4.69) is 27.1 Å². The Morgan fingerprint density at radius 2 is 2.28 bits per heavy atom. The lowest BCUT2D eigenvalue weighted by Crippen LogP contribution is -2.34. The molecule has 3 heterocycles. The van der Waals surface area contributed by atoms with Gasteiger partial charge in [-0.05, 0) is 43.4 Å². The molecule has 0 saturated carbocycles. The largest absolute Gasteiger partial charge is 0.348 e. The maximum Gasteiger partial charge on any atom is 0.234 e. The molecule has 3 aromatic rings. The first kappa shape index (κ1) is 20.4. The van der Waals surface area contributed by atoms with Crippen molar-refractivity contribution in [1.29, 1.82) is 0 Å². The summed E-state index contributed by atoms with van der Waals surface area (Å²) in [6.07, 6.45) is 3.98. The molecule has 1 aliphatic heterocycles. The van der Waals surface area contributed by atoms with Crippen LogP contribution in [0.2, 0.25) is 5.02 Å². The van der Waals surface area contributed by atoms with Gasteiger partial charge in [-0.2, -0.15) is 4.98 Å². The average molecular weight is 448 g/mol. The molecule has 1 fully saturated rings. The molecule has 152 valence electrons. The van der Waals surface area contributed by atoms with Gasteiger partial charge in [0.05, 0.1) is 5.75 Å². The second kappa shape index (κ2) is 8.85. The number of carbonyl (C=O) groups excluding carboxylic acids is 1. The highest BCUT2D eigenvalue weighted by atomic mass is 35.5. The number of amides is 1. The molecule has 1 N–H and O–H groups in total. The molecule has 2 aromatic heterocycles. The predicted octanol–water partition coefficient (Wildman–Crippen LogP) is 5.02. The van der Waals surface area contributed by atoms with E-state index in [-0.39, 0.29) is 11.7 Å². The third kappa shape index (κ3) is 4.82. The van der Waals surface area contributed by atoms with Gasteiger partial charge in [0.25, 0.3) is 0 Å². The topological polar surface area (TPSA) is 71.0 Å². The van der Waals surface area contributed by atoms with Crippen LogP contribution in [-0.2, 0) is 4.79 Å². The van der Waals surface area contributed by atoms with E-state index in [0.717, 1.165) is 39.2 Å². The molecule has 1 aromatic carbocycles. The van der Waals surface area contributed by atoms with Gasteiger partial charge in [0.2, 0.25) is 5.91 Å². The standard InChI is InChI=1S/C20H22ClN5OS2/c1-12-4-3-7-26(9-12)20-25-18-17(29-20)19(23-11-22-18)28-10-16(27)24-15-8-14(21)6-5-13(15)2/h5-6,8,11-12H,3-4,7,9-10H2,1-2H3,(H,24,27)/t12-/m1/s1. The highest BCUT2D eigenvalue weighted by Gasteiger charge is 2.21. The number of fused-ring (bicyclic) bond motifs is 1. The van der Waals surface area contributed by atoms with Gasteiger partial charge in [-0.25, -0.2) is 9.97 Å². The van der Waals surface area contributed by atoms with E-state index in [4.69, 9.17) is 16.6 Å². The lowest BCUT2D eigenvalue weighted by Gasteiger charge is -2.30. The summed E-state index contributed by atoms with van der Waals surface area (Å²) < 4.78 is 0.942. The number of benzene rings is 1. The summed E-state index contributed by atoms with van der Waals surface area (Å²) >= 11 is 9.05. The molecule has 1 amide bonds. The SMILES string of the molecule is Cc1ccc(Cl)cc1NC(=O)CSc1ncnc2nc(N3CCC[C@@H](C)C3)sc12. The minimum absolute atomic E-state index is 0.0956. The smallest absolute Gasteiger partial charge is 0.234 e. The first-order chi connectivity index (χ1) is 14.0. The number of thiazole rings is 1. The van der Waals surface area contributed by atoms with E-state index in [1.165, 1.54) is 30.9 Å². The van der Waals surface area contributed by atoms with Crippen LogP contribution in [0.25, 0.3) is 10.3 Å². The van der Waals surface area contributed by atoms with E-state index in [1.807, 2.05) is 19.1 Å². The number of piperidine rings is 1. The highest BCUT2D eigenvalue weighted by molar-refractivity contribution is 8.00. The molecule has 0 bridgehead atoms. The minimum Gasteiger partial charge on any atom is -0.348 e. The van der Waals surface area contributed by atoms with Crippen molar-refractivity contribution in [2.24, 2.45) is 5.92 Å². The molecule has 9 heteroatoms. The Bertz CT molecular complexity index is 1040. The van der Waals surface area contributed by atoms with E-state index in [1.54, 1.807) is 17.4 Å². The van der Waals surface area contributed by atoms with Crippen LogP contribution in [-0.4, -0.2) is 39.7 Å². The second-order valence-corrected chi connectivity index (χ2v) is 9.70. The number of aryl methyl sites for hydroxylation is 1. The van der Waals surface area contributed by atoms with Gasteiger partial charge in [0.15, 0.2) is 10.8 Å². The number of aromatic nitrogens is 3. The Morgan fingerprint density at radius 1 is 1.41 bits per heavy atom. The molecule has 6 nitrogen and oxygen atoms in total. The van der Waals surface area contributed by atoms with Crippen LogP contribution >= 0.6 is 34.7 Å². The molecule has 0 unspecified atom stereocenters. The number of nitrogens with one attached hydrogen (secondary N) is 1. The highest BCUT2D eigenvalue weighted by Crippen LogP contribution is 2.35. The number of anilines is 2. The molecule has 0 radical (unpaired) electrons. The molecule has 0 spiro atoms. The Labute approximate surface area is 183 Å². The summed E-state index contributed by atoms with van der Waals surface area (Å²) in [6, 6.07) is 5.46. The van der Waals surface area contributed by atoms with Gasteiger partial charge in [0.1, 0.15) is 16.1 Å². The summed E-state index contributed by atoms with van der Waals surface area (Å²) in [5, 5.41) is 5.31. The fourth-order valence-electron chi connectivity index (χ4n) is 3.37. The van der Waals surface area contributed by atoms with E-state index >= 15 is 0 Å². The summed E-state index contributed by atoms with van der Waals surface area (Å²) in [6.45, 7) is 6.27. The normalized spacial score (nSPS) is 16.9. The molecule has 1 atom stereocenters. The predicted molar refractivity (Wildman–Crippen MR) is 121 cm³/mol. The molecular formula is C20H22ClN5OS2. The Balaban J connectivity index is 1.46. The Kier molecular flexibility index (Phi) is 6.22. The molecule has 0 aliphatic carbocycles. The lowest BCUT2D eigenvalue weighted by molar-refractivity contribution is -0.113. The number of hydrogen-bond donors (Lipinski definition) is 1. The van der Waals surface area contributed by atoms with Crippen molar-refractivity contribution < 1.29 is 4.79 Å². The van der Waals surface area contributed by atoms with Crippen molar-refractivity contribution in [3.05, 3.63) is 35.1 Å². The second-order valence-electron chi connectivity index (χ2n) is 7.32. The zero-order valence-corrected chi connectivity index (χ0v) is 18.7. The average Bonchev–Trinajstić information content (AvgIpc) is 3.14. The minimum atomic E-state index is -0.0956. The van der Waals surface area contributed by atoms with Crippen molar-refractivity contribution in [2.75, 3.05) is 29.1 Å². The third-order valence-electron chi connectivity index (χ3n) is 4.89. The van der Waals surface area contributed by atoms with Gasteiger partial charge < -0.3 is 10.2 Å². The first-order valence-electron chi connectivity index (χ1n) is 9.55. The fraction of sp³-hybridized carbons (Fsp3) is 0.400. The van der Waals surface area contributed by atoms with Crippen LogP contribution in [0.5, 0.6) is 0 Å². The Morgan fingerprint density at radius 3 is 3.10 bits per heavy atom. The zero-order valence-electron chi connectivity index (χ0n) is 16.3. The summed E-state index contributed by atoms with van der Waals surface area (Å²) in [5.41, 5.74) is 2.40. The fourth-order valence-corrected chi connectivity index (χ4v) is 5.47. The molecule has 4 rings (SSSR count). The van der Waals surface area contributed by atoms with Gasteiger partial charge in [-0.15, -0.1) is 0 Å². The van der Waals surface area contributed by atoms with Gasteiger partial charge in [0, 0.05) is 23.8 Å². The lowest BCUT2D eigenvalue weighted by atomic mass is 10.0. The van der Waals surface area contributed by atoms with Gasteiger partial charge >= 0.3 is 0 Å². The molecule has 1 saturated heterocycles. The van der Waals surface area contributed by atoms with Crippen LogP contribution in [0.4, 0.5) is 10.8 Å². The monoisotopic (exact) mass is 447 g/mol. The number of rotatable bonds is 5. The van der Waals surface area contributed by atoms with Crippen molar-refractivity contribution >= 4 is 61.8 Å². The summed E-state index contributed by atoms with van der Waals surface area (Å²) in [7, 11) is 0. The third-order valence-corrected chi connectivity index (χ3v) is 7.35. The number of halogens is 1. The van der Waals surface area contributed by atoms with Crippen molar-refractivity contribution in [2.45, 2.75) is 31.7 Å². The van der Waals surface area contributed by atoms with Crippen LogP contribution in [0.1, 0.15) is 25.3 Å². The number of hydrogen-bond acceptors (Lipinski definition) is 7. The van der Waals surface area contributed by atoms with Crippen molar-refractivity contribution in [3.8, 4) is 0 Å². The van der Waals surface area contributed by atoms with Crippen LogP contribution in [0.15, 0.2) is 29.6 Å². The van der Waals surface area contributed by atoms with Crippen molar-refractivity contribution in [3.63, 3.8) is 0 Å². The van der Waals surface area contributed by atoms with Gasteiger partial charge in [-0.1, -0.05) is 47.7 Å². The zero-order chi connectivity index (χ0) is 20.4. The van der Waals surface area contributed by atoms with Gasteiger partial charge in [-0.3, -0.25) is 4.79 Å². The quantitative estimate of drug-likeness (QED) is 0.437. The molecule has 1 aliphatic rings. The maximum atomic E-state index is 12.4. The number of nitrogens with zero attached hydrogens (tertiary/aromatic N) is 4. The van der Waals surface area contributed by atoms with Crippen molar-refractivity contribution in [1.82, 2.24) is 15.0 Å². The molecular weight excluding hydrogens is 426 g/mol. The van der Waals surface area contributed by atoms with Crippen LogP contribution < -0.4 is 10.2 Å². The molecule has 29 heavy (non-hydrogen) atoms. The van der Waals surface area contributed by atoms with E-state index in [9.17, 15) is 4.79 Å². The summed E-state index contributed by atoms with van der Waals surface area (Å²) in [5.74, 6) is 0.836. The summed E-state index contributed by atoms with van der Waals surface area (Å²) in [4.78, 5) is 28.2. The van der Waals surface area contributed by atoms with Crippen LogP contribution in [0, 0.1) is 12.8 Å². The maximum absolute atomic E-state index is 12.4. The number of carbonyl (C=O) groups is 1.